The molecule has 2 rings (SSSR count). The van der Waals surface area contributed by atoms with E-state index in [0.29, 0.717) is 10.9 Å². The van der Waals surface area contributed by atoms with Crippen LogP contribution >= 0.6 is 23.7 Å². The molecule has 2 N–H and O–H groups in total. The van der Waals surface area contributed by atoms with Gasteiger partial charge in [0.2, 0.25) is 0 Å². The van der Waals surface area contributed by atoms with Gasteiger partial charge >= 0.3 is 12.4 Å². The predicted molar refractivity (Wildman–Crippen MR) is 80.6 cm³/mol. The Morgan fingerprint density at radius 3 is 2.12 bits per heavy atom. The summed E-state index contributed by atoms with van der Waals surface area (Å²) in [7, 11) is 1.00. The first-order valence-electron chi connectivity index (χ1n) is 6.21. The molecular formula is C14H12ClF6NOS. The van der Waals surface area contributed by atoms with Crippen LogP contribution in [0.4, 0.5) is 26.3 Å². The summed E-state index contributed by atoms with van der Waals surface area (Å²) >= 11 is 1.10. The zero-order chi connectivity index (χ0) is 17.4. The number of rotatable bonds is 3. The van der Waals surface area contributed by atoms with Gasteiger partial charge < -0.3 is 10.5 Å². The molecule has 2 aromatic rings. The SMILES string of the molecule is COc1cc(C(F)(F)F)cc(C(F)(F)F)c1[C@H](N)c1cccs1.Cl. The minimum atomic E-state index is -5.00. The van der Waals surface area contributed by atoms with E-state index in [2.05, 4.69) is 0 Å². The molecule has 1 aromatic carbocycles. The monoisotopic (exact) mass is 391 g/mol. The van der Waals surface area contributed by atoms with E-state index in [1.165, 1.54) is 6.07 Å². The van der Waals surface area contributed by atoms with Gasteiger partial charge in [-0.25, -0.2) is 0 Å². The van der Waals surface area contributed by atoms with Gasteiger partial charge in [-0.1, -0.05) is 6.07 Å². The van der Waals surface area contributed by atoms with Gasteiger partial charge in [-0.05, 0) is 23.6 Å². The van der Waals surface area contributed by atoms with Crippen molar-refractivity contribution in [3.63, 3.8) is 0 Å². The van der Waals surface area contributed by atoms with Crippen molar-refractivity contribution in [2.24, 2.45) is 5.73 Å². The van der Waals surface area contributed by atoms with Crippen LogP contribution in [0.5, 0.6) is 5.75 Å². The van der Waals surface area contributed by atoms with Gasteiger partial charge in [0.05, 0.1) is 24.3 Å². The Morgan fingerprint density at radius 2 is 1.71 bits per heavy atom. The number of halogens is 7. The second kappa shape index (κ2) is 7.20. The summed E-state index contributed by atoms with van der Waals surface area (Å²) < 4.78 is 83.0. The van der Waals surface area contributed by atoms with E-state index in [1.807, 2.05) is 0 Å². The van der Waals surface area contributed by atoms with Crippen LogP contribution in [-0.2, 0) is 12.4 Å². The highest BCUT2D eigenvalue weighted by molar-refractivity contribution is 7.10. The van der Waals surface area contributed by atoms with E-state index in [1.54, 1.807) is 11.4 Å². The van der Waals surface area contributed by atoms with Crippen molar-refractivity contribution in [3.05, 3.63) is 51.2 Å². The fourth-order valence-electron chi connectivity index (χ4n) is 2.12. The second-order valence-corrected chi connectivity index (χ2v) is 5.61. The van der Waals surface area contributed by atoms with Crippen molar-refractivity contribution in [2.75, 3.05) is 7.11 Å². The Bertz CT molecular complexity index is 684. The lowest BCUT2D eigenvalue weighted by Crippen LogP contribution is -2.20. The molecule has 10 heteroatoms. The summed E-state index contributed by atoms with van der Waals surface area (Å²) in [4.78, 5) is 0.383. The van der Waals surface area contributed by atoms with Gasteiger partial charge in [0.1, 0.15) is 5.75 Å². The molecule has 0 spiro atoms. The maximum Gasteiger partial charge on any atom is 0.416 e. The summed E-state index contributed by atoms with van der Waals surface area (Å²) in [5.74, 6) is -0.548. The average molecular weight is 392 g/mol. The molecule has 134 valence electrons. The lowest BCUT2D eigenvalue weighted by atomic mass is 9.95. The highest BCUT2D eigenvalue weighted by Crippen LogP contribution is 2.44. The molecule has 0 radical (unpaired) electrons. The third-order valence-electron chi connectivity index (χ3n) is 3.16. The first-order valence-corrected chi connectivity index (χ1v) is 7.09. The van der Waals surface area contributed by atoms with E-state index in [0.717, 1.165) is 18.4 Å². The summed E-state index contributed by atoms with van der Waals surface area (Å²) in [5, 5.41) is 1.61. The third kappa shape index (κ3) is 4.14. The van der Waals surface area contributed by atoms with Crippen LogP contribution in [0, 0.1) is 0 Å². The Kier molecular flexibility index (Phi) is 6.18. The highest BCUT2D eigenvalue weighted by atomic mass is 35.5. The molecule has 0 saturated heterocycles. The number of ether oxygens (including phenoxy) is 1. The molecule has 0 aliphatic rings. The predicted octanol–water partition coefficient (Wildman–Crippen LogP) is 5.26. The number of hydrogen-bond acceptors (Lipinski definition) is 3. The lowest BCUT2D eigenvalue weighted by Gasteiger charge is -2.22. The molecule has 0 aliphatic carbocycles. The molecule has 0 aliphatic heterocycles. The molecular weight excluding hydrogens is 380 g/mol. The van der Waals surface area contributed by atoms with Crippen LogP contribution < -0.4 is 10.5 Å². The normalized spacial score (nSPS) is 13.3. The van der Waals surface area contributed by atoms with Crippen LogP contribution in [0.2, 0.25) is 0 Å². The van der Waals surface area contributed by atoms with Crippen molar-refractivity contribution in [1.29, 1.82) is 0 Å². The second-order valence-electron chi connectivity index (χ2n) is 4.63. The maximum atomic E-state index is 13.3. The van der Waals surface area contributed by atoms with Crippen LogP contribution in [0.1, 0.15) is 27.6 Å². The summed E-state index contributed by atoms with van der Waals surface area (Å²) in [6.45, 7) is 0. The Hall–Kier alpha value is -1.45. The first-order chi connectivity index (χ1) is 10.6. The summed E-state index contributed by atoms with van der Waals surface area (Å²) in [6, 6.07) is 2.43. The van der Waals surface area contributed by atoms with Gasteiger partial charge in [0.15, 0.2) is 0 Å². The molecule has 24 heavy (non-hydrogen) atoms. The van der Waals surface area contributed by atoms with Crippen LogP contribution in [-0.4, -0.2) is 7.11 Å². The number of nitrogens with two attached hydrogens (primary N) is 1. The molecule has 2 nitrogen and oxygen atoms in total. The van der Waals surface area contributed by atoms with E-state index in [9.17, 15) is 26.3 Å². The zero-order valence-corrected chi connectivity index (χ0v) is 13.7. The average Bonchev–Trinajstić information content (AvgIpc) is 2.97. The van der Waals surface area contributed by atoms with Gasteiger partial charge in [0.25, 0.3) is 0 Å². The van der Waals surface area contributed by atoms with Crippen molar-refractivity contribution < 1.29 is 31.1 Å². The highest BCUT2D eigenvalue weighted by Gasteiger charge is 2.41. The van der Waals surface area contributed by atoms with Gasteiger partial charge in [-0.2, -0.15) is 26.3 Å². The van der Waals surface area contributed by atoms with Crippen LogP contribution in [0.3, 0.4) is 0 Å². The fraction of sp³-hybridized carbons (Fsp3) is 0.286. The minimum absolute atomic E-state index is 0. The van der Waals surface area contributed by atoms with Crippen molar-refractivity contribution in [3.8, 4) is 5.75 Å². The van der Waals surface area contributed by atoms with Gasteiger partial charge in [-0.15, -0.1) is 23.7 Å². The molecule has 0 bridgehead atoms. The van der Waals surface area contributed by atoms with Gasteiger partial charge in [0, 0.05) is 10.4 Å². The van der Waals surface area contributed by atoms with E-state index >= 15 is 0 Å². The lowest BCUT2D eigenvalue weighted by molar-refractivity contribution is -0.143. The van der Waals surface area contributed by atoms with Crippen molar-refractivity contribution >= 4 is 23.7 Å². The third-order valence-corrected chi connectivity index (χ3v) is 4.11. The molecule has 0 unspecified atom stereocenters. The quantitative estimate of drug-likeness (QED) is 0.724. The largest absolute Gasteiger partial charge is 0.496 e. The van der Waals surface area contributed by atoms with E-state index in [4.69, 9.17) is 10.5 Å². The maximum absolute atomic E-state index is 13.3. The number of thiophene rings is 1. The Labute approximate surface area is 143 Å². The molecule has 1 aromatic heterocycles. The van der Waals surface area contributed by atoms with E-state index < -0.39 is 40.8 Å². The molecule has 0 fully saturated rings. The number of methoxy groups -OCH3 is 1. The summed E-state index contributed by atoms with van der Waals surface area (Å²) in [6.07, 6.45) is -9.93. The number of benzene rings is 1. The van der Waals surface area contributed by atoms with Crippen LogP contribution in [0.15, 0.2) is 29.6 Å². The Morgan fingerprint density at radius 1 is 1.08 bits per heavy atom. The standard InChI is InChI=1S/C14H11F6NOS.ClH/c1-22-9-6-7(13(15,16)17)5-8(14(18,19)20)11(9)12(21)10-3-2-4-23-10;/h2-6,12H,21H2,1H3;1H/t12-;/m1./s1. The first kappa shape index (κ1) is 20.6. The van der Waals surface area contributed by atoms with Crippen molar-refractivity contribution in [2.45, 2.75) is 18.4 Å². The number of hydrogen-bond donors (Lipinski definition) is 1. The molecule has 0 saturated carbocycles. The smallest absolute Gasteiger partial charge is 0.416 e. The molecule has 1 heterocycles. The van der Waals surface area contributed by atoms with Gasteiger partial charge in [-0.3, -0.25) is 0 Å². The number of alkyl halides is 6. The zero-order valence-electron chi connectivity index (χ0n) is 12.0. The Balaban J connectivity index is 0.00000288. The summed E-state index contributed by atoms with van der Waals surface area (Å²) in [5.41, 5.74) is 2.43. The van der Waals surface area contributed by atoms with Crippen molar-refractivity contribution in [1.82, 2.24) is 0 Å². The minimum Gasteiger partial charge on any atom is -0.496 e. The molecule has 0 amide bonds. The van der Waals surface area contributed by atoms with E-state index in [-0.39, 0.29) is 18.5 Å². The fourth-order valence-corrected chi connectivity index (χ4v) is 2.86. The van der Waals surface area contributed by atoms with Crippen LogP contribution in [0.25, 0.3) is 0 Å². The topological polar surface area (TPSA) is 35.2 Å². The molecule has 1 atom stereocenters.